The fourth-order valence-corrected chi connectivity index (χ4v) is 2.52. The van der Waals surface area contributed by atoms with Crippen molar-refractivity contribution in [3.8, 4) is 0 Å². The summed E-state index contributed by atoms with van der Waals surface area (Å²) >= 11 is 8.82. The van der Waals surface area contributed by atoms with Gasteiger partial charge in [0.15, 0.2) is 4.77 Å². The van der Waals surface area contributed by atoms with Gasteiger partial charge >= 0.3 is 0 Å². The third-order valence-electron chi connectivity index (χ3n) is 2.81. The standard InChI is InChI=1S/C12H15BrN2O2S/c1-16-7-9(17-2)6-15-11-5-8(13)3-4-10(11)14-12(15)18/h3-5,9H,6-7H2,1-2H3,(H,14,18). The number of H-pyrrole nitrogens is 1. The van der Waals surface area contributed by atoms with Crippen LogP contribution in [0, 0.1) is 4.77 Å². The lowest BCUT2D eigenvalue weighted by atomic mass is 10.3. The minimum absolute atomic E-state index is 0.0142. The molecule has 1 N–H and O–H groups in total. The third kappa shape index (κ3) is 2.83. The fraction of sp³-hybridized carbons (Fsp3) is 0.417. The zero-order valence-electron chi connectivity index (χ0n) is 10.3. The zero-order valence-corrected chi connectivity index (χ0v) is 12.7. The summed E-state index contributed by atoms with van der Waals surface area (Å²) in [5.41, 5.74) is 2.09. The van der Waals surface area contributed by atoms with Crippen LogP contribution in [0.25, 0.3) is 11.0 Å². The minimum Gasteiger partial charge on any atom is -0.382 e. The summed E-state index contributed by atoms with van der Waals surface area (Å²) in [6, 6.07) is 6.03. The molecule has 4 nitrogen and oxygen atoms in total. The van der Waals surface area contributed by atoms with Crippen LogP contribution in [0.2, 0.25) is 0 Å². The number of aromatic amines is 1. The van der Waals surface area contributed by atoms with Gasteiger partial charge in [-0.3, -0.25) is 0 Å². The predicted molar refractivity (Wildman–Crippen MR) is 77.5 cm³/mol. The Morgan fingerprint density at radius 1 is 1.44 bits per heavy atom. The summed E-state index contributed by atoms with van der Waals surface area (Å²) in [6.07, 6.45) is -0.0142. The second kappa shape index (κ2) is 5.97. The maximum absolute atomic E-state index is 5.38. The molecule has 0 spiro atoms. The van der Waals surface area contributed by atoms with Crippen LogP contribution in [0.4, 0.5) is 0 Å². The molecule has 0 amide bonds. The number of hydrogen-bond donors (Lipinski definition) is 1. The second-order valence-corrected chi connectivity index (χ2v) is 5.32. The Morgan fingerprint density at radius 2 is 2.22 bits per heavy atom. The maximum atomic E-state index is 5.38. The van der Waals surface area contributed by atoms with Crippen molar-refractivity contribution in [2.75, 3.05) is 20.8 Å². The van der Waals surface area contributed by atoms with Gasteiger partial charge in [-0.1, -0.05) is 15.9 Å². The summed E-state index contributed by atoms with van der Waals surface area (Å²) in [6.45, 7) is 1.21. The van der Waals surface area contributed by atoms with Crippen molar-refractivity contribution in [1.82, 2.24) is 9.55 Å². The molecule has 0 bridgehead atoms. The second-order valence-electron chi connectivity index (χ2n) is 4.02. The van der Waals surface area contributed by atoms with E-state index in [1.807, 2.05) is 22.8 Å². The van der Waals surface area contributed by atoms with Crippen LogP contribution in [0.3, 0.4) is 0 Å². The van der Waals surface area contributed by atoms with Gasteiger partial charge in [0.05, 0.1) is 30.3 Å². The summed E-state index contributed by atoms with van der Waals surface area (Å²) in [5.74, 6) is 0. The molecule has 98 valence electrons. The van der Waals surface area contributed by atoms with Crippen LogP contribution in [0.15, 0.2) is 22.7 Å². The van der Waals surface area contributed by atoms with E-state index in [-0.39, 0.29) is 6.10 Å². The molecule has 1 aromatic heterocycles. The average molecular weight is 331 g/mol. The molecule has 0 saturated heterocycles. The highest BCUT2D eigenvalue weighted by Gasteiger charge is 2.12. The monoisotopic (exact) mass is 330 g/mol. The quantitative estimate of drug-likeness (QED) is 0.856. The normalized spacial score (nSPS) is 13.1. The van der Waals surface area contributed by atoms with E-state index in [0.717, 1.165) is 15.5 Å². The van der Waals surface area contributed by atoms with E-state index in [1.165, 1.54) is 0 Å². The maximum Gasteiger partial charge on any atom is 0.178 e. The average Bonchev–Trinajstić information content (AvgIpc) is 2.65. The molecule has 2 aromatic rings. The van der Waals surface area contributed by atoms with Crippen LogP contribution in [-0.4, -0.2) is 36.5 Å². The number of nitrogens with zero attached hydrogens (tertiary/aromatic N) is 1. The van der Waals surface area contributed by atoms with Gasteiger partial charge in [-0.05, 0) is 30.4 Å². The zero-order chi connectivity index (χ0) is 13.1. The first-order valence-electron chi connectivity index (χ1n) is 5.55. The van der Waals surface area contributed by atoms with Crippen molar-refractivity contribution in [1.29, 1.82) is 0 Å². The first kappa shape index (κ1) is 13.7. The van der Waals surface area contributed by atoms with E-state index < -0.39 is 0 Å². The Bertz CT molecular complexity index is 593. The summed E-state index contributed by atoms with van der Waals surface area (Å²) in [5, 5.41) is 0. The predicted octanol–water partition coefficient (Wildman–Crippen LogP) is 3.12. The van der Waals surface area contributed by atoms with Crippen molar-refractivity contribution in [3.05, 3.63) is 27.4 Å². The highest BCUT2D eigenvalue weighted by Crippen LogP contribution is 2.20. The number of benzene rings is 1. The molecule has 0 aliphatic heterocycles. The molecule has 0 saturated carbocycles. The van der Waals surface area contributed by atoms with Gasteiger partial charge in [-0.25, -0.2) is 0 Å². The van der Waals surface area contributed by atoms with Crippen LogP contribution < -0.4 is 0 Å². The number of fused-ring (bicyclic) bond motifs is 1. The molecule has 1 aromatic carbocycles. The summed E-state index contributed by atoms with van der Waals surface area (Å²) in [7, 11) is 3.34. The lowest BCUT2D eigenvalue weighted by Gasteiger charge is -2.15. The summed E-state index contributed by atoms with van der Waals surface area (Å²) in [4.78, 5) is 3.19. The van der Waals surface area contributed by atoms with E-state index in [4.69, 9.17) is 21.7 Å². The Balaban J connectivity index is 2.40. The van der Waals surface area contributed by atoms with E-state index in [9.17, 15) is 0 Å². The number of ether oxygens (including phenoxy) is 2. The molecule has 0 radical (unpaired) electrons. The highest BCUT2D eigenvalue weighted by molar-refractivity contribution is 9.10. The molecular formula is C12H15BrN2O2S. The number of rotatable bonds is 5. The van der Waals surface area contributed by atoms with E-state index >= 15 is 0 Å². The topological polar surface area (TPSA) is 39.2 Å². The number of halogens is 1. The van der Waals surface area contributed by atoms with Gasteiger partial charge in [0.25, 0.3) is 0 Å². The van der Waals surface area contributed by atoms with Gasteiger partial charge in [-0.15, -0.1) is 0 Å². The van der Waals surface area contributed by atoms with Gasteiger partial charge < -0.3 is 19.0 Å². The molecule has 1 unspecified atom stereocenters. The number of hydrogen-bond acceptors (Lipinski definition) is 3. The largest absolute Gasteiger partial charge is 0.382 e. The van der Waals surface area contributed by atoms with Crippen LogP contribution in [-0.2, 0) is 16.0 Å². The van der Waals surface area contributed by atoms with Crippen LogP contribution in [0.5, 0.6) is 0 Å². The molecule has 0 aliphatic carbocycles. The Morgan fingerprint density at radius 3 is 2.89 bits per heavy atom. The van der Waals surface area contributed by atoms with Crippen molar-refractivity contribution >= 4 is 39.2 Å². The lowest BCUT2D eigenvalue weighted by molar-refractivity contribution is 0.0188. The van der Waals surface area contributed by atoms with E-state index in [0.29, 0.717) is 17.9 Å². The van der Waals surface area contributed by atoms with Crippen molar-refractivity contribution in [2.24, 2.45) is 0 Å². The SMILES string of the molecule is COCC(Cn1c(=S)[nH]c2ccc(Br)cc21)OC. The number of nitrogens with one attached hydrogen (secondary N) is 1. The first-order chi connectivity index (χ1) is 8.65. The number of aromatic nitrogens is 2. The van der Waals surface area contributed by atoms with E-state index in [2.05, 4.69) is 20.9 Å². The smallest absolute Gasteiger partial charge is 0.178 e. The van der Waals surface area contributed by atoms with E-state index in [1.54, 1.807) is 14.2 Å². The van der Waals surface area contributed by atoms with Crippen molar-refractivity contribution < 1.29 is 9.47 Å². The molecule has 6 heteroatoms. The molecule has 1 heterocycles. The Hall–Kier alpha value is -0.690. The number of imidazole rings is 1. The third-order valence-corrected chi connectivity index (χ3v) is 3.63. The lowest BCUT2D eigenvalue weighted by Crippen LogP contribution is -2.23. The van der Waals surface area contributed by atoms with Gasteiger partial charge in [-0.2, -0.15) is 0 Å². The molecular weight excluding hydrogens is 316 g/mol. The van der Waals surface area contributed by atoms with Crippen LogP contribution in [0.1, 0.15) is 0 Å². The summed E-state index contributed by atoms with van der Waals surface area (Å²) < 4.78 is 14.3. The minimum atomic E-state index is -0.0142. The Kier molecular flexibility index (Phi) is 4.55. The molecule has 18 heavy (non-hydrogen) atoms. The van der Waals surface area contributed by atoms with Gasteiger partial charge in [0.2, 0.25) is 0 Å². The first-order valence-corrected chi connectivity index (χ1v) is 6.75. The van der Waals surface area contributed by atoms with Crippen molar-refractivity contribution in [2.45, 2.75) is 12.6 Å². The Labute approximate surface area is 119 Å². The molecule has 0 fully saturated rings. The molecule has 2 rings (SSSR count). The fourth-order valence-electron chi connectivity index (χ4n) is 1.89. The molecule has 1 atom stereocenters. The van der Waals surface area contributed by atoms with Crippen molar-refractivity contribution in [3.63, 3.8) is 0 Å². The molecule has 0 aliphatic rings. The van der Waals surface area contributed by atoms with Crippen LogP contribution >= 0.6 is 28.1 Å². The number of methoxy groups -OCH3 is 2. The van der Waals surface area contributed by atoms with Gasteiger partial charge in [0.1, 0.15) is 0 Å². The highest BCUT2D eigenvalue weighted by atomic mass is 79.9. The van der Waals surface area contributed by atoms with Gasteiger partial charge in [0, 0.05) is 18.7 Å².